The predicted molar refractivity (Wildman–Crippen MR) is 93.3 cm³/mol. The largest absolute Gasteiger partial charge is 0.310 e. The van der Waals surface area contributed by atoms with Crippen LogP contribution in [0.5, 0.6) is 0 Å². The second-order valence-electron chi connectivity index (χ2n) is 8.59. The van der Waals surface area contributed by atoms with Crippen molar-refractivity contribution in [2.75, 3.05) is 0 Å². The van der Waals surface area contributed by atoms with Gasteiger partial charge in [-0.05, 0) is 62.7 Å². The van der Waals surface area contributed by atoms with Crippen molar-refractivity contribution in [1.29, 1.82) is 0 Å². The third-order valence-electron chi connectivity index (χ3n) is 7.26. The number of nitrogens with zero attached hydrogens (tertiary/aromatic N) is 1. The summed E-state index contributed by atoms with van der Waals surface area (Å²) in [4.78, 5) is 4.33. The lowest BCUT2D eigenvalue weighted by molar-refractivity contribution is -0.0493. The Bertz CT molecular complexity index is 525. The van der Waals surface area contributed by atoms with E-state index in [4.69, 9.17) is 6.57 Å². The van der Waals surface area contributed by atoms with Crippen molar-refractivity contribution in [3.63, 3.8) is 0 Å². The molecule has 0 unspecified atom stereocenters. The molecule has 0 aromatic rings. The number of allylic oxidation sites excluding steroid dienone is 2. The summed E-state index contributed by atoms with van der Waals surface area (Å²) in [5.74, 6) is 3.86. The quantitative estimate of drug-likeness (QED) is 0.442. The van der Waals surface area contributed by atoms with E-state index < -0.39 is 0 Å². The molecule has 0 bridgehead atoms. The molecule has 7 atom stereocenters. The molecule has 3 aliphatic rings. The molecule has 0 N–H and O–H groups in total. The molecule has 1 heteroatoms. The number of hydrogen-bond donors (Lipinski definition) is 0. The Balaban J connectivity index is 2.04. The van der Waals surface area contributed by atoms with Gasteiger partial charge in [-0.1, -0.05) is 31.6 Å². The molecule has 0 amide bonds. The molecular formula is C21H31N. The molecule has 0 saturated heterocycles. The van der Waals surface area contributed by atoms with Crippen molar-refractivity contribution in [3.05, 3.63) is 35.7 Å². The van der Waals surface area contributed by atoms with Gasteiger partial charge >= 0.3 is 0 Å². The Hall–Kier alpha value is -1.03. The zero-order valence-corrected chi connectivity index (χ0v) is 14.6. The second-order valence-corrected chi connectivity index (χ2v) is 8.59. The molecular weight excluding hydrogens is 266 g/mol. The highest BCUT2D eigenvalue weighted by atomic mass is 14.9. The fraction of sp³-hybridized carbons (Fsp3) is 0.762. The van der Waals surface area contributed by atoms with Crippen LogP contribution in [0.2, 0.25) is 0 Å². The maximum atomic E-state index is 8.04. The van der Waals surface area contributed by atoms with Gasteiger partial charge in [0.15, 0.2) is 0 Å². The normalized spacial score (nSPS) is 47.5. The van der Waals surface area contributed by atoms with Gasteiger partial charge in [0.05, 0.1) is 0 Å². The topological polar surface area (TPSA) is 4.36 Å². The van der Waals surface area contributed by atoms with Crippen LogP contribution in [0.25, 0.3) is 4.85 Å². The lowest BCUT2D eigenvalue weighted by Crippen LogP contribution is -2.59. The van der Waals surface area contributed by atoms with E-state index in [2.05, 4.69) is 38.8 Å². The molecule has 0 heterocycles. The van der Waals surface area contributed by atoms with Gasteiger partial charge in [-0.15, -0.1) is 6.58 Å². The summed E-state index contributed by atoms with van der Waals surface area (Å²) in [6.07, 6.45) is 7.13. The van der Waals surface area contributed by atoms with Gasteiger partial charge in [-0.2, -0.15) is 0 Å². The molecule has 3 aliphatic carbocycles. The van der Waals surface area contributed by atoms with Crippen LogP contribution >= 0.6 is 0 Å². The smallest absolute Gasteiger partial charge is 0.239 e. The van der Waals surface area contributed by atoms with Gasteiger partial charge in [0.25, 0.3) is 0 Å². The first-order valence-corrected chi connectivity index (χ1v) is 9.11. The van der Waals surface area contributed by atoms with Crippen molar-refractivity contribution in [2.45, 2.75) is 64.8 Å². The fourth-order valence-corrected chi connectivity index (χ4v) is 6.31. The minimum absolute atomic E-state index is 0.100. The minimum atomic E-state index is -0.100. The average molecular weight is 297 g/mol. The van der Waals surface area contributed by atoms with E-state index in [1.807, 2.05) is 0 Å². The summed E-state index contributed by atoms with van der Waals surface area (Å²) in [7, 11) is 0. The molecule has 0 aromatic carbocycles. The highest BCUT2D eigenvalue weighted by Gasteiger charge is 2.64. The standard InChI is InChI=1S/C21H31N/c1-13(2)11-17-12-15(4)18-8-7-16(5)21(22-6)10-9-14(3)19(17)20(18)21/h15-20H,1,3,7-12H2,2,4-5H3/t15-,16-,17+,18+,19-,20-,21-/m0/s1. The molecule has 3 fully saturated rings. The molecule has 3 rings (SSSR count). The highest BCUT2D eigenvalue weighted by Crippen LogP contribution is 2.62. The molecule has 3 saturated carbocycles. The third-order valence-corrected chi connectivity index (χ3v) is 7.26. The summed E-state index contributed by atoms with van der Waals surface area (Å²) in [6.45, 7) is 23.6. The van der Waals surface area contributed by atoms with E-state index in [1.54, 1.807) is 0 Å². The predicted octanol–water partition coefficient (Wildman–Crippen LogP) is 5.90. The zero-order valence-electron chi connectivity index (χ0n) is 14.6. The highest BCUT2D eigenvalue weighted by molar-refractivity contribution is 5.25. The lowest BCUT2D eigenvalue weighted by atomic mass is 9.45. The summed E-state index contributed by atoms with van der Waals surface area (Å²) in [5, 5.41) is 0. The van der Waals surface area contributed by atoms with Crippen molar-refractivity contribution in [3.8, 4) is 0 Å². The maximum Gasteiger partial charge on any atom is 0.239 e. The van der Waals surface area contributed by atoms with Gasteiger partial charge in [-0.25, -0.2) is 6.57 Å². The molecule has 120 valence electrons. The Morgan fingerprint density at radius 1 is 1.36 bits per heavy atom. The van der Waals surface area contributed by atoms with E-state index in [0.29, 0.717) is 23.7 Å². The molecule has 0 spiro atoms. The van der Waals surface area contributed by atoms with Crippen LogP contribution in [-0.2, 0) is 0 Å². The average Bonchev–Trinajstić information content (AvgIpc) is 2.46. The van der Waals surface area contributed by atoms with E-state index in [-0.39, 0.29) is 5.54 Å². The van der Waals surface area contributed by atoms with Crippen molar-refractivity contribution in [1.82, 2.24) is 0 Å². The first kappa shape index (κ1) is 15.9. The summed E-state index contributed by atoms with van der Waals surface area (Å²) in [5.41, 5.74) is 2.64. The van der Waals surface area contributed by atoms with E-state index >= 15 is 0 Å². The Kier molecular flexibility index (Phi) is 4.00. The fourth-order valence-electron chi connectivity index (χ4n) is 6.31. The van der Waals surface area contributed by atoms with Gasteiger partial charge in [0.2, 0.25) is 5.54 Å². The number of rotatable bonds is 2. The minimum Gasteiger partial charge on any atom is -0.310 e. The van der Waals surface area contributed by atoms with E-state index in [1.165, 1.54) is 30.4 Å². The van der Waals surface area contributed by atoms with Crippen LogP contribution in [0, 0.1) is 42.1 Å². The van der Waals surface area contributed by atoms with Gasteiger partial charge < -0.3 is 4.85 Å². The molecule has 1 nitrogen and oxygen atoms in total. The van der Waals surface area contributed by atoms with Crippen LogP contribution in [0.4, 0.5) is 0 Å². The monoisotopic (exact) mass is 297 g/mol. The van der Waals surface area contributed by atoms with E-state index in [0.717, 1.165) is 31.1 Å². The van der Waals surface area contributed by atoms with Gasteiger partial charge in [0.1, 0.15) is 0 Å². The maximum absolute atomic E-state index is 8.04. The van der Waals surface area contributed by atoms with Crippen molar-refractivity contribution < 1.29 is 0 Å². The van der Waals surface area contributed by atoms with Crippen LogP contribution in [0.15, 0.2) is 24.3 Å². The SMILES string of the molecule is [C-]#[N+][C@@]12CCC(=C)[C@H]3[C@H](CC(=C)C)C[C@H](C)[C@@H](CC[C@@H]1C)[C@@H]32. The molecule has 22 heavy (non-hydrogen) atoms. The van der Waals surface area contributed by atoms with Crippen molar-refractivity contribution in [2.24, 2.45) is 35.5 Å². The number of hydrogen-bond acceptors (Lipinski definition) is 0. The second kappa shape index (κ2) is 5.55. The first-order valence-electron chi connectivity index (χ1n) is 9.11. The Morgan fingerprint density at radius 2 is 2.09 bits per heavy atom. The van der Waals surface area contributed by atoms with Crippen LogP contribution in [0.1, 0.15) is 59.3 Å². The summed E-state index contributed by atoms with van der Waals surface area (Å²) < 4.78 is 0. The van der Waals surface area contributed by atoms with Gasteiger partial charge in [-0.3, -0.25) is 0 Å². The van der Waals surface area contributed by atoms with Crippen LogP contribution in [-0.4, -0.2) is 5.54 Å². The molecule has 0 radical (unpaired) electrons. The zero-order chi connectivity index (χ0) is 16.1. The lowest BCUT2D eigenvalue weighted by Gasteiger charge is -2.57. The molecule has 0 aromatic heterocycles. The van der Waals surface area contributed by atoms with Crippen molar-refractivity contribution >= 4 is 0 Å². The molecule has 0 aliphatic heterocycles. The van der Waals surface area contributed by atoms with Gasteiger partial charge in [0, 0.05) is 18.3 Å². The summed E-state index contributed by atoms with van der Waals surface area (Å²) in [6, 6.07) is 0. The van der Waals surface area contributed by atoms with Crippen LogP contribution in [0.3, 0.4) is 0 Å². The van der Waals surface area contributed by atoms with E-state index in [9.17, 15) is 0 Å². The Labute approximate surface area is 136 Å². The Morgan fingerprint density at radius 3 is 2.73 bits per heavy atom. The third kappa shape index (κ3) is 2.18. The first-order chi connectivity index (χ1) is 10.4. The van der Waals surface area contributed by atoms with Crippen LogP contribution < -0.4 is 0 Å². The summed E-state index contributed by atoms with van der Waals surface area (Å²) >= 11 is 0.